The lowest BCUT2D eigenvalue weighted by Crippen LogP contribution is -2.45. The summed E-state index contributed by atoms with van der Waals surface area (Å²) in [7, 11) is 0. The number of anilines is 1. The van der Waals surface area contributed by atoms with Crippen LogP contribution in [0.5, 0.6) is 0 Å². The Kier molecular flexibility index (Phi) is 7.64. The molecule has 0 aliphatic carbocycles. The van der Waals surface area contributed by atoms with Crippen molar-refractivity contribution in [3.63, 3.8) is 0 Å². The Hall–Kier alpha value is -2.57. The molecule has 1 fully saturated rings. The van der Waals surface area contributed by atoms with E-state index in [4.69, 9.17) is 4.74 Å². The summed E-state index contributed by atoms with van der Waals surface area (Å²) in [4.78, 5) is 37.9. The molecule has 2 N–H and O–H groups in total. The number of esters is 1. The fourth-order valence-electron chi connectivity index (χ4n) is 3.01. The molecule has 1 unspecified atom stereocenters. The first-order chi connectivity index (χ1) is 12.9. The molecule has 0 bridgehead atoms. The summed E-state index contributed by atoms with van der Waals surface area (Å²) in [5.41, 5.74) is 0.961. The van der Waals surface area contributed by atoms with Gasteiger partial charge in [0.1, 0.15) is 0 Å². The van der Waals surface area contributed by atoms with Crippen LogP contribution in [0.3, 0.4) is 0 Å². The van der Waals surface area contributed by atoms with E-state index in [1.807, 2.05) is 13.8 Å². The lowest BCUT2D eigenvalue weighted by atomic mass is 9.98. The predicted octanol–water partition coefficient (Wildman–Crippen LogP) is 2.88. The molecule has 7 heteroatoms. The summed E-state index contributed by atoms with van der Waals surface area (Å²) in [5, 5.41) is 5.79. The number of benzene rings is 1. The summed E-state index contributed by atoms with van der Waals surface area (Å²) in [6.07, 6.45) is 1.89. The first-order valence-corrected chi connectivity index (χ1v) is 9.51. The molecule has 0 saturated carbocycles. The zero-order valence-electron chi connectivity index (χ0n) is 16.3. The smallest absolute Gasteiger partial charge is 0.338 e. The van der Waals surface area contributed by atoms with Crippen molar-refractivity contribution in [1.82, 2.24) is 10.2 Å². The van der Waals surface area contributed by atoms with Crippen molar-refractivity contribution in [2.24, 2.45) is 11.8 Å². The van der Waals surface area contributed by atoms with Crippen molar-refractivity contribution in [2.75, 3.05) is 31.6 Å². The van der Waals surface area contributed by atoms with Gasteiger partial charge < -0.3 is 20.3 Å². The summed E-state index contributed by atoms with van der Waals surface area (Å²) in [6, 6.07) is 6.52. The molecule has 0 spiro atoms. The van der Waals surface area contributed by atoms with Crippen molar-refractivity contribution in [3.8, 4) is 0 Å². The van der Waals surface area contributed by atoms with Gasteiger partial charge in [0.25, 0.3) is 0 Å². The molecule has 1 heterocycles. The zero-order chi connectivity index (χ0) is 19.8. The Balaban J connectivity index is 1.90. The van der Waals surface area contributed by atoms with Gasteiger partial charge in [-0.2, -0.15) is 0 Å². The highest BCUT2D eigenvalue weighted by atomic mass is 16.5. The first-order valence-electron chi connectivity index (χ1n) is 9.51. The monoisotopic (exact) mass is 375 g/mol. The maximum atomic E-state index is 12.6. The van der Waals surface area contributed by atoms with E-state index in [1.54, 1.807) is 36.1 Å². The molecule has 0 aromatic heterocycles. The molecule has 27 heavy (non-hydrogen) atoms. The van der Waals surface area contributed by atoms with Crippen molar-refractivity contribution < 1.29 is 19.1 Å². The van der Waals surface area contributed by atoms with E-state index < -0.39 is 5.97 Å². The Bertz CT molecular complexity index is 675. The number of likely N-dealkylation sites (tertiary alicyclic amines) is 1. The number of carbonyl (C=O) groups is 3. The fraction of sp³-hybridized carbons (Fsp3) is 0.550. The van der Waals surface area contributed by atoms with Crippen LogP contribution in [0, 0.1) is 11.8 Å². The maximum Gasteiger partial charge on any atom is 0.338 e. The number of hydrogen-bond acceptors (Lipinski definition) is 4. The third-order valence-electron chi connectivity index (χ3n) is 4.52. The van der Waals surface area contributed by atoms with Gasteiger partial charge in [-0.1, -0.05) is 19.9 Å². The van der Waals surface area contributed by atoms with Crippen molar-refractivity contribution in [1.29, 1.82) is 0 Å². The molecular weight excluding hydrogens is 346 g/mol. The van der Waals surface area contributed by atoms with Crippen LogP contribution in [0.15, 0.2) is 24.3 Å². The minimum absolute atomic E-state index is 0.0346. The molecule has 3 amide bonds. The first kappa shape index (κ1) is 20.7. The largest absolute Gasteiger partial charge is 0.462 e. The van der Waals surface area contributed by atoms with E-state index in [0.717, 1.165) is 12.8 Å². The highest BCUT2D eigenvalue weighted by Gasteiger charge is 2.24. The predicted molar refractivity (Wildman–Crippen MR) is 104 cm³/mol. The van der Waals surface area contributed by atoms with Crippen molar-refractivity contribution in [2.45, 2.75) is 33.6 Å². The number of hydrogen-bond donors (Lipinski definition) is 2. The van der Waals surface area contributed by atoms with Gasteiger partial charge >= 0.3 is 12.0 Å². The van der Waals surface area contributed by atoms with E-state index in [0.29, 0.717) is 37.5 Å². The third kappa shape index (κ3) is 6.27. The minimum atomic E-state index is -0.410. The molecule has 1 aliphatic rings. The molecule has 148 valence electrons. The van der Waals surface area contributed by atoms with Gasteiger partial charge in [0.15, 0.2) is 0 Å². The Labute approximate surface area is 160 Å². The zero-order valence-corrected chi connectivity index (χ0v) is 16.3. The van der Waals surface area contributed by atoms with Gasteiger partial charge in [0, 0.05) is 31.2 Å². The van der Waals surface area contributed by atoms with Gasteiger partial charge in [0.2, 0.25) is 5.91 Å². The third-order valence-corrected chi connectivity index (χ3v) is 4.52. The fourth-order valence-corrected chi connectivity index (χ4v) is 3.01. The second-order valence-electron chi connectivity index (χ2n) is 7.09. The summed E-state index contributed by atoms with van der Waals surface area (Å²) in [5.74, 6) is -0.169. The molecule has 1 aliphatic heterocycles. The van der Waals surface area contributed by atoms with Gasteiger partial charge in [-0.25, -0.2) is 9.59 Å². The normalized spacial score (nSPS) is 16.7. The Morgan fingerprint density at radius 1 is 1.30 bits per heavy atom. The van der Waals surface area contributed by atoms with Crippen LogP contribution < -0.4 is 10.6 Å². The number of urea groups is 1. The summed E-state index contributed by atoms with van der Waals surface area (Å²) >= 11 is 0. The second-order valence-corrected chi connectivity index (χ2v) is 7.09. The number of piperidine rings is 1. The SMILES string of the molecule is CCOC(=O)c1cccc(NC(=O)N2CCCC(CNC(=O)C(C)C)C2)c1. The number of ether oxygens (including phenoxy) is 1. The molecular formula is C20H29N3O4. The maximum absolute atomic E-state index is 12.6. The number of nitrogens with one attached hydrogen (secondary N) is 2. The molecule has 2 rings (SSSR count). The lowest BCUT2D eigenvalue weighted by Gasteiger charge is -2.33. The van der Waals surface area contributed by atoms with E-state index in [-0.39, 0.29) is 23.8 Å². The standard InChI is InChI=1S/C20H29N3O4/c1-4-27-19(25)16-8-5-9-17(11-16)22-20(26)23-10-6-7-15(13-23)12-21-18(24)14(2)3/h5,8-9,11,14-15H,4,6-7,10,12-13H2,1-3H3,(H,21,24)(H,22,26). The van der Waals surface area contributed by atoms with Crippen LogP contribution in [-0.4, -0.2) is 49.0 Å². The topological polar surface area (TPSA) is 87.7 Å². The van der Waals surface area contributed by atoms with Crippen LogP contribution in [0.25, 0.3) is 0 Å². The number of rotatable bonds is 6. The molecule has 1 aromatic rings. The van der Waals surface area contributed by atoms with Gasteiger partial charge in [0.05, 0.1) is 12.2 Å². The molecule has 1 atom stereocenters. The van der Waals surface area contributed by atoms with E-state index >= 15 is 0 Å². The van der Waals surface area contributed by atoms with Crippen LogP contribution in [0.1, 0.15) is 44.0 Å². The van der Waals surface area contributed by atoms with Crippen molar-refractivity contribution in [3.05, 3.63) is 29.8 Å². The van der Waals surface area contributed by atoms with Gasteiger partial charge in [-0.3, -0.25) is 4.79 Å². The van der Waals surface area contributed by atoms with Crippen LogP contribution in [0.4, 0.5) is 10.5 Å². The highest BCUT2D eigenvalue weighted by molar-refractivity contribution is 5.94. The van der Waals surface area contributed by atoms with Crippen molar-refractivity contribution >= 4 is 23.6 Å². The summed E-state index contributed by atoms with van der Waals surface area (Å²) < 4.78 is 4.98. The van der Waals surface area contributed by atoms with Crippen LogP contribution in [0.2, 0.25) is 0 Å². The quantitative estimate of drug-likeness (QED) is 0.749. The molecule has 7 nitrogen and oxygen atoms in total. The average Bonchev–Trinajstić information content (AvgIpc) is 2.66. The minimum Gasteiger partial charge on any atom is -0.462 e. The van der Waals surface area contributed by atoms with Gasteiger partial charge in [-0.05, 0) is 43.9 Å². The van der Waals surface area contributed by atoms with Gasteiger partial charge in [-0.15, -0.1) is 0 Å². The lowest BCUT2D eigenvalue weighted by molar-refractivity contribution is -0.124. The summed E-state index contributed by atoms with van der Waals surface area (Å²) in [6.45, 7) is 7.64. The molecule has 1 aromatic carbocycles. The molecule has 1 saturated heterocycles. The Morgan fingerprint density at radius 3 is 2.78 bits per heavy atom. The van der Waals surface area contributed by atoms with Crippen LogP contribution in [-0.2, 0) is 9.53 Å². The second kappa shape index (κ2) is 9.94. The number of carbonyl (C=O) groups excluding carboxylic acids is 3. The molecule has 0 radical (unpaired) electrons. The highest BCUT2D eigenvalue weighted by Crippen LogP contribution is 2.18. The Morgan fingerprint density at radius 2 is 2.07 bits per heavy atom. The van der Waals surface area contributed by atoms with Crippen LogP contribution >= 0.6 is 0 Å². The number of amides is 3. The average molecular weight is 375 g/mol. The van der Waals surface area contributed by atoms with E-state index in [9.17, 15) is 14.4 Å². The van der Waals surface area contributed by atoms with E-state index in [2.05, 4.69) is 10.6 Å². The van der Waals surface area contributed by atoms with E-state index in [1.165, 1.54) is 0 Å². The number of nitrogens with zero attached hydrogens (tertiary/aromatic N) is 1.